The van der Waals surface area contributed by atoms with Crippen LogP contribution in [0.3, 0.4) is 0 Å². The van der Waals surface area contributed by atoms with E-state index in [0.717, 1.165) is 17.4 Å². The third kappa shape index (κ3) is 5.27. The van der Waals surface area contributed by atoms with Crippen molar-refractivity contribution < 1.29 is 22.4 Å². The van der Waals surface area contributed by atoms with Gasteiger partial charge in [-0.2, -0.15) is 4.31 Å². The van der Waals surface area contributed by atoms with E-state index in [1.807, 2.05) is 0 Å². The number of benzene rings is 1. The molecule has 1 atom stereocenters. The summed E-state index contributed by atoms with van der Waals surface area (Å²) in [6.45, 7) is 0.354. The van der Waals surface area contributed by atoms with Crippen LogP contribution in [0.4, 0.5) is 15.8 Å². The van der Waals surface area contributed by atoms with Crippen molar-refractivity contribution in [2.24, 2.45) is 5.92 Å². The highest BCUT2D eigenvalue weighted by molar-refractivity contribution is 7.91. The summed E-state index contributed by atoms with van der Waals surface area (Å²) in [7, 11) is -3.67. The molecule has 2 amide bonds. The molecule has 0 saturated carbocycles. The number of halogens is 1. The van der Waals surface area contributed by atoms with Crippen LogP contribution < -0.4 is 10.6 Å². The van der Waals surface area contributed by atoms with E-state index in [-0.39, 0.29) is 27.8 Å². The van der Waals surface area contributed by atoms with E-state index in [2.05, 4.69) is 15.6 Å². The predicted molar refractivity (Wildman–Crippen MR) is 123 cm³/mol. The highest BCUT2D eigenvalue weighted by atomic mass is 32.2. The third-order valence-electron chi connectivity index (χ3n) is 5.23. The normalized spacial score (nSPS) is 16.8. The number of hydrogen-bond donors (Lipinski definition) is 2. The van der Waals surface area contributed by atoms with Crippen molar-refractivity contribution in [2.45, 2.75) is 17.1 Å². The van der Waals surface area contributed by atoms with Crippen molar-refractivity contribution in [3.63, 3.8) is 0 Å². The fourth-order valence-corrected chi connectivity index (χ4v) is 6.23. The number of carbonyl (C=O) groups is 2. The van der Waals surface area contributed by atoms with Crippen LogP contribution >= 0.6 is 11.3 Å². The molecule has 4 rings (SSSR count). The molecule has 2 aromatic heterocycles. The standard InChI is InChI=1S/C22H21FN4O4S2/c23-16-8-9-17(25-22(29)18-6-1-2-10-24-18)19(13-16)26-21(28)15-5-3-11-27(14-15)33(30,31)20-7-4-12-32-20/h1-2,4,6-10,12-13,15H,3,5,11,14H2,(H,25,29)(H,26,28). The number of hydrogen-bond acceptors (Lipinski definition) is 6. The van der Waals surface area contributed by atoms with E-state index in [0.29, 0.717) is 19.4 Å². The third-order valence-corrected chi connectivity index (χ3v) is 8.47. The summed E-state index contributed by atoms with van der Waals surface area (Å²) in [5.41, 5.74) is 0.461. The molecule has 1 aliphatic heterocycles. The van der Waals surface area contributed by atoms with E-state index in [4.69, 9.17) is 0 Å². The van der Waals surface area contributed by atoms with Gasteiger partial charge in [-0.15, -0.1) is 11.3 Å². The fourth-order valence-electron chi connectivity index (χ4n) is 3.56. The Balaban J connectivity index is 1.49. The number of aromatic nitrogens is 1. The summed E-state index contributed by atoms with van der Waals surface area (Å²) >= 11 is 1.13. The fraction of sp³-hybridized carbons (Fsp3) is 0.227. The minimum absolute atomic E-state index is 0.0248. The van der Waals surface area contributed by atoms with Crippen molar-refractivity contribution in [3.05, 3.63) is 71.6 Å². The Bertz CT molecular complexity index is 1250. The average Bonchev–Trinajstić information content (AvgIpc) is 3.37. The number of carbonyl (C=O) groups excluding carboxylic acids is 2. The van der Waals surface area contributed by atoms with Gasteiger partial charge in [-0.3, -0.25) is 14.6 Å². The molecule has 172 valence electrons. The molecule has 1 aromatic carbocycles. The molecule has 1 aliphatic rings. The highest BCUT2D eigenvalue weighted by Crippen LogP contribution is 2.29. The number of nitrogens with one attached hydrogen (secondary N) is 2. The minimum atomic E-state index is -3.67. The molecule has 2 N–H and O–H groups in total. The Morgan fingerprint density at radius 1 is 1.09 bits per heavy atom. The number of nitrogens with zero attached hydrogens (tertiary/aromatic N) is 2. The number of pyridine rings is 1. The number of sulfonamides is 1. The van der Waals surface area contributed by atoms with E-state index in [1.54, 1.807) is 23.6 Å². The maximum atomic E-state index is 13.9. The molecule has 0 spiro atoms. The molecule has 3 aromatic rings. The summed E-state index contributed by atoms with van der Waals surface area (Å²) in [6.07, 6.45) is 2.49. The van der Waals surface area contributed by atoms with Gasteiger partial charge in [-0.1, -0.05) is 12.1 Å². The monoisotopic (exact) mass is 488 g/mol. The molecule has 1 unspecified atom stereocenters. The van der Waals surface area contributed by atoms with Crippen LogP contribution in [0.5, 0.6) is 0 Å². The van der Waals surface area contributed by atoms with Gasteiger partial charge in [-0.05, 0) is 54.6 Å². The quantitative estimate of drug-likeness (QED) is 0.551. The lowest BCUT2D eigenvalue weighted by Gasteiger charge is -2.31. The second-order valence-corrected chi connectivity index (χ2v) is 10.6. The molecule has 33 heavy (non-hydrogen) atoms. The second kappa shape index (κ2) is 9.77. The maximum absolute atomic E-state index is 13.9. The van der Waals surface area contributed by atoms with Gasteiger partial charge in [0.05, 0.1) is 17.3 Å². The minimum Gasteiger partial charge on any atom is -0.324 e. The first-order chi connectivity index (χ1) is 15.8. The van der Waals surface area contributed by atoms with Crippen LogP contribution in [0.1, 0.15) is 23.3 Å². The predicted octanol–water partition coefficient (Wildman–Crippen LogP) is 3.57. The molecule has 0 bridgehead atoms. The molecule has 8 nitrogen and oxygen atoms in total. The largest absolute Gasteiger partial charge is 0.324 e. The zero-order valence-electron chi connectivity index (χ0n) is 17.4. The van der Waals surface area contributed by atoms with Crippen LogP contribution in [0.25, 0.3) is 0 Å². The summed E-state index contributed by atoms with van der Waals surface area (Å²) < 4.78 is 41.1. The van der Waals surface area contributed by atoms with E-state index < -0.39 is 33.6 Å². The molecule has 1 fully saturated rings. The Morgan fingerprint density at radius 2 is 1.94 bits per heavy atom. The number of piperidine rings is 1. The van der Waals surface area contributed by atoms with Crippen molar-refractivity contribution in [1.82, 2.24) is 9.29 Å². The molecule has 11 heteroatoms. The topological polar surface area (TPSA) is 108 Å². The first-order valence-electron chi connectivity index (χ1n) is 10.2. The van der Waals surface area contributed by atoms with Crippen molar-refractivity contribution in [1.29, 1.82) is 0 Å². The molecule has 0 radical (unpaired) electrons. The summed E-state index contributed by atoms with van der Waals surface area (Å²) in [5, 5.41) is 6.96. The Hall–Kier alpha value is -3.15. The molecule has 0 aliphatic carbocycles. The van der Waals surface area contributed by atoms with E-state index >= 15 is 0 Å². The number of anilines is 2. The Morgan fingerprint density at radius 3 is 2.67 bits per heavy atom. The van der Waals surface area contributed by atoms with Gasteiger partial charge in [-0.25, -0.2) is 12.8 Å². The van der Waals surface area contributed by atoms with Crippen LogP contribution in [-0.4, -0.2) is 42.6 Å². The lowest BCUT2D eigenvalue weighted by molar-refractivity contribution is -0.120. The van der Waals surface area contributed by atoms with E-state index in [1.165, 1.54) is 34.8 Å². The number of amides is 2. The zero-order valence-corrected chi connectivity index (χ0v) is 19.0. The number of thiophene rings is 1. The Kier molecular flexibility index (Phi) is 6.82. The van der Waals surface area contributed by atoms with Gasteiger partial charge in [0.25, 0.3) is 15.9 Å². The van der Waals surface area contributed by atoms with Gasteiger partial charge in [0.1, 0.15) is 15.7 Å². The highest BCUT2D eigenvalue weighted by Gasteiger charge is 2.34. The smallest absolute Gasteiger partial charge is 0.274 e. The van der Waals surface area contributed by atoms with Gasteiger partial charge in [0, 0.05) is 19.3 Å². The zero-order chi connectivity index (χ0) is 23.4. The first-order valence-corrected chi connectivity index (χ1v) is 12.5. The molecular weight excluding hydrogens is 467 g/mol. The lowest BCUT2D eigenvalue weighted by Crippen LogP contribution is -2.43. The van der Waals surface area contributed by atoms with Gasteiger partial charge in [0.2, 0.25) is 5.91 Å². The summed E-state index contributed by atoms with van der Waals surface area (Å²) in [6, 6.07) is 11.7. The molecule has 1 saturated heterocycles. The molecule has 3 heterocycles. The Labute approximate surface area is 194 Å². The first kappa shape index (κ1) is 23.0. The maximum Gasteiger partial charge on any atom is 0.274 e. The summed E-state index contributed by atoms with van der Waals surface area (Å²) in [4.78, 5) is 29.4. The van der Waals surface area contributed by atoms with Crippen LogP contribution in [0.2, 0.25) is 0 Å². The SMILES string of the molecule is O=C(Nc1ccc(F)cc1NC(=O)C1CCCN(S(=O)(=O)c2cccs2)C1)c1ccccn1. The number of rotatable bonds is 6. The van der Waals surface area contributed by atoms with Crippen LogP contribution in [-0.2, 0) is 14.8 Å². The van der Waals surface area contributed by atoms with Gasteiger partial charge >= 0.3 is 0 Å². The average molecular weight is 489 g/mol. The van der Waals surface area contributed by atoms with Crippen molar-refractivity contribution in [2.75, 3.05) is 23.7 Å². The van der Waals surface area contributed by atoms with Crippen LogP contribution in [0, 0.1) is 11.7 Å². The van der Waals surface area contributed by atoms with E-state index in [9.17, 15) is 22.4 Å². The van der Waals surface area contributed by atoms with Crippen LogP contribution in [0.15, 0.2) is 64.3 Å². The van der Waals surface area contributed by atoms with Crippen molar-refractivity contribution >= 4 is 44.5 Å². The van der Waals surface area contributed by atoms with Crippen molar-refractivity contribution in [3.8, 4) is 0 Å². The van der Waals surface area contributed by atoms with Gasteiger partial charge in [0.15, 0.2) is 0 Å². The molecular formula is C22H21FN4O4S2. The van der Waals surface area contributed by atoms with Gasteiger partial charge < -0.3 is 10.6 Å². The lowest BCUT2D eigenvalue weighted by atomic mass is 9.98. The summed E-state index contributed by atoms with van der Waals surface area (Å²) in [5.74, 6) is -2.16. The second-order valence-electron chi connectivity index (χ2n) is 7.48.